The number of piperidine rings is 1. The van der Waals surface area contributed by atoms with Gasteiger partial charge in [0.05, 0.1) is 12.5 Å². The molecule has 0 aromatic carbocycles. The van der Waals surface area contributed by atoms with Crippen molar-refractivity contribution in [2.75, 3.05) is 13.1 Å². The van der Waals surface area contributed by atoms with Gasteiger partial charge in [-0.05, 0) is 37.1 Å². The predicted molar refractivity (Wildman–Crippen MR) is 94.6 cm³/mol. The van der Waals surface area contributed by atoms with Gasteiger partial charge in [-0.3, -0.25) is 4.79 Å². The third kappa shape index (κ3) is 5.67. The van der Waals surface area contributed by atoms with Gasteiger partial charge in [-0.15, -0.1) is 23.7 Å². The molecular weight excluding hydrogens is 336 g/mol. The SMILES string of the molecule is CC(N)C1CCN(C(=O)CC(NC(N)=O)c2cccs2)CC1.Cl. The van der Waals surface area contributed by atoms with Crippen LogP contribution in [0.4, 0.5) is 4.79 Å². The highest BCUT2D eigenvalue weighted by Gasteiger charge is 2.27. The van der Waals surface area contributed by atoms with E-state index < -0.39 is 6.03 Å². The molecule has 6 nitrogen and oxygen atoms in total. The lowest BCUT2D eigenvalue weighted by molar-refractivity contribution is -0.133. The van der Waals surface area contributed by atoms with E-state index in [0.717, 1.165) is 30.8 Å². The van der Waals surface area contributed by atoms with Crippen molar-refractivity contribution in [2.45, 2.75) is 38.3 Å². The number of nitrogens with zero attached hydrogens (tertiary/aromatic N) is 1. The Morgan fingerprint density at radius 2 is 2.09 bits per heavy atom. The number of hydrogen-bond donors (Lipinski definition) is 3. The smallest absolute Gasteiger partial charge is 0.312 e. The monoisotopic (exact) mass is 360 g/mol. The van der Waals surface area contributed by atoms with E-state index in [2.05, 4.69) is 5.32 Å². The molecule has 0 spiro atoms. The molecule has 0 bridgehead atoms. The predicted octanol–water partition coefficient (Wildman–Crippen LogP) is 1.86. The summed E-state index contributed by atoms with van der Waals surface area (Å²) in [4.78, 5) is 26.4. The molecule has 1 aromatic heterocycles. The van der Waals surface area contributed by atoms with Crippen LogP contribution in [0.1, 0.15) is 37.1 Å². The van der Waals surface area contributed by atoms with Crippen molar-refractivity contribution in [2.24, 2.45) is 17.4 Å². The van der Waals surface area contributed by atoms with Gasteiger partial charge >= 0.3 is 6.03 Å². The maximum Gasteiger partial charge on any atom is 0.312 e. The van der Waals surface area contributed by atoms with E-state index >= 15 is 0 Å². The number of hydrogen-bond acceptors (Lipinski definition) is 4. The molecule has 2 heterocycles. The molecule has 1 aromatic rings. The summed E-state index contributed by atoms with van der Waals surface area (Å²) in [5.41, 5.74) is 11.1. The van der Waals surface area contributed by atoms with Crippen molar-refractivity contribution in [1.82, 2.24) is 10.2 Å². The van der Waals surface area contributed by atoms with Crippen molar-refractivity contribution in [3.63, 3.8) is 0 Å². The number of nitrogens with one attached hydrogen (secondary N) is 1. The lowest BCUT2D eigenvalue weighted by Crippen LogP contribution is -2.44. The number of halogens is 1. The summed E-state index contributed by atoms with van der Waals surface area (Å²) in [6.45, 7) is 3.49. The molecule has 130 valence electrons. The third-order valence-corrected chi connectivity index (χ3v) is 5.20. The lowest BCUT2D eigenvalue weighted by Gasteiger charge is -2.34. The van der Waals surface area contributed by atoms with Crippen molar-refractivity contribution >= 4 is 35.7 Å². The van der Waals surface area contributed by atoms with Gasteiger partial charge in [0.25, 0.3) is 0 Å². The van der Waals surface area contributed by atoms with Crippen LogP contribution < -0.4 is 16.8 Å². The van der Waals surface area contributed by atoms with Gasteiger partial charge in [-0.25, -0.2) is 4.79 Å². The number of likely N-dealkylation sites (tertiary alicyclic amines) is 1. The van der Waals surface area contributed by atoms with E-state index in [0.29, 0.717) is 5.92 Å². The molecule has 0 saturated carbocycles. The Labute approximate surface area is 147 Å². The fourth-order valence-electron chi connectivity index (χ4n) is 2.86. The molecule has 5 N–H and O–H groups in total. The van der Waals surface area contributed by atoms with Crippen LogP contribution in [-0.2, 0) is 4.79 Å². The Kier molecular flexibility index (Phi) is 7.81. The molecule has 2 rings (SSSR count). The number of rotatable bonds is 5. The van der Waals surface area contributed by atoms with Crippen molar-refractivity contribution in [3.8, 4) is 0 Å². The first kappa shape index (κ1) is 19.7. The molecule has 3 amide bonds. The molecule has 1 fully saturated rings. The number of urea groups is 1. The molecule has 0 aliphatic carbocycles. The van der Waals surface area contributed by atoms with Gasteiger partial charge in [0, 0.05) is 24.0 Å². The van der Waals surface area contributed by atoms with Gasteiger partial charge < -0.3 is 21.7 Å². The van der Waals surface area contributed by atoms with Crippen molar-refractivity contribution in [1.29, 1.82) is 0 Å². The Hall–Kier alpha value is -1.31. The first-order valence-corrected chi connectivity index (χ1v) is 8.48. The van der Waals surface area contributed by atoms with Crippen molar-refractivity contribution < 1.29 is 9.59 Å². The van der Waals surface area contributed by atoms with Gasteiger partial charge in [-0.2, -0.15) is 0 Å². The second kappa shape index (κ2) is 9.10. The zero-order valence-electron chi connectivity index (χ0n) is 13.2. The van der Waals surface area contributed by atoms with E-state index in [-0.39, 0.29) is 36.8 Å². The van der Waals surface area contributed by atoms with Crippen LogP contribution in [0.5, 0.6) is 0 Å². The average molecular weight is 361 g/mol. The maximum atomic E-state index is 12.5. The summed E-state index contributed by atoms with van der Waals surface area (Å²) >= 11 is 1.51. The topological polar surface area (TPSA) is 101 Å². The van der Waals surface area contributed by atoms with Crippen LogP contribution in [0.25, 0.3) is 0 Å². The summed E-state index contributed by atoms with van der Waals surface area (Å²) < 4.78 is 0. The minimum Gasteiger partial charge on any atom is -0.352 e. The summed E-state index contributed by atoms with van der Waals surface area (Å²) in [6.07, 6.45) is 2.12. The maximum absolute atomic E-state index is 12.5. The zero-order valence-corrected chi connectivity index (χ0v) is 14.9. The minimum atomic E-state index is -0.609. The van der Waals surface area contributed by atoms with Gasteiger partial charge in [0.2, 0.25) is 5.91 Å². The zero-order chi connectivity index (χ0) is 16.1. The molecule has 1 aliphatic heterocycles. The van der Waals surface area contributed by atoms with Crippen LogP contribution in [-0.4, -0.2) is 36.0 Å². The van der Waals surface area contributed by atoms with E-state index in [1.165, 1.54) is 11.3 Å². The van der Waals surface area contributed by atoms with Crippen LogP contribution in [0.3, 0.4) is 0 Å². The molecule has 0 radical (unpaired) electrons. The first-order valence-electron chi connectivity index (χ1n) is 7.60. The molecule has 8 heteroatoms. The molecule has 23 heavy (non-hydrogen) atoms. The summed E-state index contributed by atoms with van der Waals surface area (Å²) in [6, 6.07) is 3.01. The van der Waals surface area contributed by atoms with Crippen molar-refractivity contribution in [3.05, 3.63) is 22.4 Å². The first-order chi connectivity index (χ1) is 10.5. The second-order valence-electron chi connectivity index (χ2n) is 5.86. The van der Waals surface area contributed by atoms with E-state index in [1.807, 2.05) is 29.3 Å². The van der Waals surface area contributed by atoms with Crippen LogP contribution in [0.2, 0.25) is 0 Å². The quantitative estimate of drug-likeness (QED) is 0.746. The highest BCUT2D eigenvalue weighted by molar-refractivity contribution is 7.10. The van der Waals surface area contributed by atoms with E-state index in [4.69, 9.17) is 11.5 Å². The third-order valence-electron chi connectivity index (χ3n) is 4.22. The minimum absolute atomic E-state index is 0. The largest absolute Gasteiger partial charge is 0.352 e. The fraction of sp³-hybridized carbons (Fsp3) is 0.600. The Morgan fingerprint density at radius 3 is 2.57 bits per heavy atom. The van der Waals surface area contributed by atoms with Gasteiger partial charge in [-0.1, -0.05) is 6.07 Å². The normalized spacial score (nSPS) is 17.9. The van der Waals surface area contributed by atoms with Crippen LogP contribution in [0.15, 0.2) is 17.5 Å². The Morgan fingerprint density at radius 1 is 1.43 bits per heavy atom. The van der Waals surface area contributed by atoms with E-state index in [1.54, 1.807) is 0 Å². The summed E-state index contributed by atoms with van der Waals surface area (Å²) in [5.74, 6) is 0.538. The molecule has 1 aliphatic rings. The number of carbonyl (C=O) groups excluding carboxylic acids is 2. The average Bonchev–Trinajstić information content (AvgIpc) is 3.00. The molecule has 2 unspecified atom stereocenters. The molecule has 1 saturated heterocycles. The Balaban J connectivity index is 0.00000264. The molecular formula is C15H25ClN4O2S. The Bertz CT molecular complexity index is 502. The molecule has 2 atom stereocenters. The highest BCUT2D eigenvalue weighted by Crippen LogP contribution is 2.25. The number of thiophene rings is 1. The number of nitrogens with two attached hydrogens (primary N) is 2. The number of amides is 3. The van der Waals surface area contributed by atoms with Crippen LogP contribution in [0, 0.1) is 5.92 Å². The lowest BCUT2D eigenvalue weighted by atomic mass is 9.90. The highest BCUT2D eigenvalue weighted by atomic mass is 35.5. The number of carbonyl (C=O) groups is 2. The summed E-state index contributed by atoms with van der Waals surface area (Å²) in [7, 11) is 0. The standard InChI is InChI=1S/C15H24N4O2S.ClH/c1-10(16)11-4-6-19(7-5-11)14(20)9-12(18-15(17)21)13-3-2-8-22-13;/h2-3,8,10-12H,4-7,9,16H2,1H3,(H3,17,18,21);1H. The fourth-order valence-corrected chi connectivity index (χ4v) is 3.64. The summed E-state index contributed by atoms with van der Waals surface area (Å²) in [5, 5.41) is 4.58. The van der Waals surface area contributed by atoms with E-state index in [9.17, 15) is 9.59 Å². The number of primary amides is 1. The van der Waals surface area contributed by atoms with Crippen LogP contribution >= 0.6 is 23.7 Å². The second-order valence-corrected chi connectivity index (χ2v) is 6.84. The van der Waals surface area contributed by atoms with Gasteiger partial charge in [0.15, 0.2) is 0 Å². The van der Waals surface area contributed by atoms with Gasteiger partial charge in [0.1, 0.15) is 0 Å².